The summed E-state index contributed by atoms with van der Waals surface area (Å²) in [6, 6.07) is 7.56. The molecule has 5 nitrogen and oxygen atoms in total. The van der Waals surface area contributed by atoms with Crippen LogP contribution in [0.25, 0.3) is 0 Å². The lowest BCUT2D eigenvalue weighted by Gasteiger charge is -2.15. The van der Waals surface area contributed by atoms with Crippen LogP contribution in [0.3, 0.4) is 0 Å². The van der Waals surface area contributed by atoms with Crippen LogP contribution in [0.4, 0.5) is 0 Å². The van der Waals surface area contributed by atoms with Crippen LogP contribution in [0.5, 0.6) is 0 Å². The van der Waals surface area contributed by atoms with Gasteiger partial charge in [-0.25, -0.2) is 17.9 Å². The van der Waals surface area contributed by atoms with Gasteiger partial charge < -0.3 is 5.11 Å². The third-order valence-corrected chi connectivity index (χ3v) is 5.78. The maximum Gasteiger partial charge on any atom is 0.347 e. The molecule has 0 aliphatic heterocycles. The average molecular weight is 346 g/mol. The lowest BCUT2D eigenvalue weighted by atomic mass is 10.1. The first kappa shape index (κ1) is 16.0. The Kier molecular flexibility index (Phi) is 4.67. The minimum absolute atomic E-state index is 0.214. The SMILES string of the molecule is C[C@H](NS(=O)(=O)c1ccsc1C(=O)O)c1ccccc1Cl. The van der Waals surface area contributed by atoms with Crippen LogP contribution in [-0.2, 0) is 10.0 Å². The molecule has 2 rings (SSSR count). The molecule has 1 heterocycles. The summed E-state index contributed by atoms with van der Waals surface area (Å²) in [7, 11) is -3.94. The summed E-state index contributed by atoms with van der Waals surface area (Å²) >= 11 is 6.89. The van der Waals surface area contributed by atoms with Gasteiger partial charge in [0.2, 0.25) is 10.0 Å². The summed E-state index contributed by atoms with van der Waals surface area (Å²) < 4.78 is 27.0. The number of aromatic carboxylic acids is 1. The van der Waals surface area contributed by atoms with E-state index in [2.05, 4.69) is 4.72 Å². The van der Waals surface area contributed by atoms with Gasteiger partial charge in [0.05, 0.1) is 0 Å². The average Bonchev–Trinajstić information content (AvgIpc) is 2.88. The summed E-state index contributed by atoms with van der Waals surface area (Å²) in [6.07, 6.45) is 0. The first-order valence-electron chi connectivity index (χ1n) is 5.90. The maximum absolute atomic E-state index is 12.3. The van der Waals surface area contributed by atoms with E-state index in [1.54, 1.807) is 31.2 Å². The number of hydrogen-bond acceptors (Lipinski definition) is 4. The fourth-order valence-corrected chi connectivity index (χ4v) is 4.63. The largest absolute Gasteiger partial charge is 0.477 e. The van der Waals surface area contributed by atoms with Crippen LogP contribution in [0, 0.1) is 0 Å². The van der Waals surface area contributed by atoms with Crippen LogP contribution in [0.2, 0.25) is 5.02 Å². The standard InChI is InChI=1S/C13H12ClNO4S2/c1-8(9-4-2-3-5-10(9)14)15-21(18,19)11-6-7-20-12(11)13(16)17/h2-8,15H,1H3,(H,16,17)/t8-/m0/s1. The van der Waals surface area contributed by atoms with Gasteiger partial charge in [-0.05, 0) is 30.0 Å². The zero-order valence-corrected chi connectivity index (χ0v) is 13.3. The van der Waals surface area contributed by atoms with Crippen molar-refractivity contribution in [3.8, 4) is 0 Å². The molecule has 2 aromatic rings. The smallest absolute Gasteiger partial charge is 0.347 e. The van der Waals surface area contributed by atoms with Crippen molar-refractivity contribution < 1.29 is 18.3 Å². The Hall–Kier alpha value is -1.41. The van der Waals surface area contributed by atoms with Crippen molar-refractivity contribution >= 4 is 38.9 Å². The Morgan fingerprint density at radius 2 is 2.00 bits per heavy atom. The number of carbonyl (C=O) groups is 1. The van der Waals surface area contributed by atoms with E-state index in [0.29, 0.717) is 10.6 Å². The lowest BCUT2D eigenvalue weighted by molar-refractivity contribution is 0.0698. The number of nitrogens with one attached hydrogen (secondary N) is 1. The molecular weight excluding hydrogens is 334 g/mol. The van der Waals surface area contributed by atoms with Gasteiger partial charge in [-0.2, -0.15) is 0 Å². The van der Waals surface area contributed by atoms with Gasteiger partial charge in [-0.15, -0.1) is 11.3 Å². The van der Waals surface area contributed by atoms with E-state index in [-0.39, 0.29) is 9.77 Å². The first-order chi connectivity index (χ1) is 9.83. The second-order valence-electron chi connectivity index (χ2n) is 4.28. The Bertz CT molecular complexity index is 770. The molecule has 112 valence electrons. The number of carboxylic acid groups (broad SMARTS) is 1. The van der Waals surface area contributed by atoms with Gasteiger partial charge in [-0.3, -0.25) is 0 Å². The minimum Gasteiger partial charge on any atom is -0.477 e. The molecule has 0 radical (unpaired) electrons. The molecule has 0 spiro atoms. The summed E-state index contributed by atoms with van der Waals surface area (Å²) in [6.45, 7) is 1.64. The van der Waals surface area contributed by atoms with E-state index < -0.39 is 22.0 Å². The molecule has 0 aliphatic carbocycles. The van der Waals surface area contributed by atoms with Crippen LogP contribution in [0.1, 0.15) is 28.2 Å². The summed E-state index contributed by atoms with van der Waals surface area (Å²) in [4.78, 5) is 10.6. The zero-order valence-electron chi connectivity index (χ0n) is 10.9. The van der Waals surface area contributed by atoms with Crippen LogP contribution < -0.4 is 4.72 Å². The van der Waals surface area contributed by atoms with Gasteiger partial charge in [0.1, 0.15) is 9.77 Å². The molecule has 0 saturated heterocycles. The molecule has 1 aromatic carbocycles. The van der Waals surface area contributed by atoms with E-state index in [4.69, 9.17) is 16.7 Å². The van der Waals surface area contributed by atoms with Crippen molar-refractivity contribution in [3.63, 3.8) is 0 Å². The van der Waals surface area contributed by atoms with Crippen molar-refractivity contribution in [1.29, 1.82) is 0 Å². The highest BCUT2D eigenvalue weighted by molar-refractivity contribution is 7.89. The second-order valence-corrected chi connectivity index (χ2v) is 7.29. The molecular formula is C13H12ClNO4S2. The Balaban J connectivity index is 2.32. The number of benzene rings is 1. The van der Waals surface area contributed by atoms with Gasteiger partial charge in [0, 0.05) is 11.1 Å². The van der Waals surface area contributed by atoms with E-state index in [9.17, 15) is 13.2 Å². The number of sulfonamides is 1. The molecule has 0 aliphatic rings. The van der Waals surface area contributed by atoms with Crippen LogP contribution in [0.15, 0.2) is 40.6 Å². The predicted octanol–water partition coefficient (Wildman–Crippen LogP) is 3.14. The highest BCUT2D eigenvalue weighted by Crippen LogP contribution is 2.26. The normalized spacial score (nSPS) is 13.0. The molecule has 0 saturated carbocycles. The molecule has 1 atom stereocenters. The molecule has 1 aromatic heterocycles. The van der Waals surface area contributed by atoms with Gasteiger partial charge in [0.15, 0.2) is 0 Å². The third-order valence-electron chi connectivity index (χ3n) is 2.82. The molecule has 8 heteroatoms. The Morgan fingerprint density at radius 1 is 1.33 bits per heavy atom. The van der Waals surface area contributed by atoms with Crippen LogP contribution >= 0.6 is 22.9 Å². The highest BCUT2D eigenvalue weighted by Gasteiger charge is 2.26. The van der Waals surface area contributed by atoms with Crippen molar-refractivity contribution in [2.45, 2.75) is 17.9 Å². The van der Waals surface area contributed by atoms with Crippen LogP contribution in [-0.4, -0.2) is 19.5 Å². The lowest BCUT2D eigenvalue weighted by Crippen LogP contribution is -2.27. The van der Waals surface area contributed by atoms with Crippen molar-refractivity contribution in [2.24, 2.45) is 0 Å². The Labute approximate surface area is 131 Å². The minimum atomic E-state index is -3.94. The monoisotopic (exact) mass is 345 g/mol. The fourth-order valence-electron chi connectivity index (χ4n) is 1.85. The molecule has 0 unspecified atom stereocenters. The van der Waals surface area contributed by atoms with Crippen molar-refractivity contribution in [2.75, 3.05) is 0 Å². The van der Waals surface area contributed by atoms with Gasteiger partial charge in [0.25, 0.3) is 0 Å². The summed E-state index contributed by atoms with van der Waals surface area (Å²) in [5.41, 5.74) is 0.620. The van der Waals surface area contributed by atoms with E-state index in [0.717, 1.165) is 11.3 Å². The second kappa shape index (κ2) is 6.15. The molecule has 2 N–H and O–H groups in total. The zero-order chi connectivity index (χ0) is 15.6. The van der Waals surface area contributed by atoms with Gasteiger partial charge in [-0.1, -0.05) is 29.8 Å². The van der Waals surface area contributed by atoms with Crippen molar-refractivity contribution in [1.82, 2.24) is 4.72 Å². The molecule has 0 bridgehead atoms. The van der Waals surface area contributed by atoms with E-state index >= 15 is 0 Å². The molecule has 0 amide bonds. The number of hydrogen-bond donors (Lipinski definition) is 2. The van der Waals surface area contributed by atoms with E-state index in [1.165, 1.54) is 11.4 Å². The number of thiophene rings is 1. The number of halogens is 1. The summed E-state index contributed by atoms with van der Waals surface area (Å²) in [5, 5.41) is 10.9. The van der Waals surface area contributed by atoms with E-state index in [1.807, 2.05) is 0 Å². The number of rotatable bonds is 5. The molecule has 21 heavy (non-hydrogen) atoms. The summed E-state index contributed by atoms with van der Waals surface area (Å²) in [5.74, 6) is -1.27. The third kappa shape index (κ3) is 3.44. The maximum atomic E-state index is 12.3. The molecule has 0 fully saturated rings. The quantitative estimate of drug-likeness (QED) is 0.872. The Morgan fingerprint density at radius 3 is 2.62 bits per heavy atom. The van der Waals surface area contributed by atoms with Crippen molar-refractivity contribution in [3.05, 3.63) is 51.2 Å². The predicted molar refractivity (Wildman–Crippen MR) is 81.5 cm³/mol. The number of carboxylic acids is 1. The first-order valence-corrected chi connectivity index (χ1v) is 8.64. The topological polar surface area (TPSA) is 83.5 Å². The highest BCUT2D eigenvalue weighted by atomic mass is 35.5. The van der Waals surface area contributed by atoms with Gasteiger partial charge >= 0.3 is 5.97 Å². The fraction of sp³-hybridized carbons (Fsp3) is 0.154.